The number of para-hydroxylation sites is 1. The molecule has 0 unspecified atom stereocenters. The summed E-state index contributed by atoms with van der Waals surface area (Å²) in [5, 5.41) is 17.0. The van der Waals surface area contributed by atoms with Gasteiger partial charge < -0.3 is 20.3 Å². The first-order valence-electron chi connectivity index (χ1n) is 15.0. The smallest absolute Gasteiger partial charge is 0.306 e. The molecule has 3 heterocycles. The third-order valence-electron chi connectivity index (χ3n) is 7.67. The largest absolute Gasteiger partial charge is 0.460 e. The zero-order valence-corrected chi connectivity index (χ0v) is 26.8. The molecule has 10 heteroatoms. The highest BCUT2D eigenvalue weighted by Crippen LogP contribution is 2.39. The van der Waals surface area contributed by atoms with Crippen molar-refractivity contribution in [2.45, 2.75) is 65.9 Å². The van der Waals surface area contributed by atoms with Gasteiger partial charge in [0.15, 0.2) is 0 Å². The van der Waals surface area contributed by atoms with Gasteiger partial charge in [-0.2, -0.15) is 10.2 Å². The molecule has 2 aromatic heterocycles. The van der Waals surface area contributed by atoms with E-state index in [-0.39, 0.29) is 11.9 Å². The predicted molar refractivity (Wildman–Crippen MR) is 177 cm³/mol. The van der Waals surface area contributed by atoms with E-state index in [4.69, 9.17) is 4.74 Å². The normalized spacial score (nSPS) is 15.1. The Balaban J connectivity index is 1.40. The monoisotopic (exact) mass is 612 g/mol. The van der Waals surface area contributed by atoms with Crippen LogP contribution in [0.5, 0.6) is 0 Å². The lowest BCUT2D eigenvalue weighted by Gasteiger charge is -2.37. The summed E-state index contributed by atoms with van der Waals surface area (Å²) in [6, 6.07) is 14.0. The van der Waals surface area contributed by atoms with E-state index in [1.165, 1.54) is 11.3 Å². The molecule has 9 nitrogen and oxygen atoms in total. The first kappa shape index (κ1) is 31.1. The second-order valence-electron chi connectivity index (χ2n) is 12.3. The number of hydrogen-bond donors (Lipinski definition) is 2. The van der Waals surface area contributed by atoms with Crippen LogP contribution in [0.1, 0.15) is 68.1 Å². The Morgan fingerprint density at radius 2 is 1.84 bits per heavy atom. The van der Waals surface area contributed by atoms with E-state index in [1.807, 2.05) is 51.1 Å². The molecule has 0 spiro atoms. The number of aromatic nitrogens is 3. The van der Waals surface area contributed by atoms with E-state index in [2.05, 4.69) is 56.7 Å². The summed E-state index contributed by atoms with van der Waals surface area (Å²) in [5.41, 5.74) is 6.59. The summed E-state index contributed by atoms with van der Waals surface area (Å²) in [5.74, 6) is -0.0936. The van der Waals surface area contributed by atoms with Gasteiger partial charge in [0.05, 0.1) is 23.8 Å². The Kier molecular flexibility index (Phi) is 9.58. The lowest BCUT2D eigenvalue weighted by atomic mass is 9.92. The fraction of sp³-hybridized carbons (Fsp3) is 0.382. The second kappa shape index (κ2) is 13.5. The standard InChI is InChI=1S/C34H40N6O3S/c1-22-9-6-7-11-26(22)37-27-13-14-28(38-32(42)29-21-44-33(39-29)25-16-17-35-36-19-25)31(23(27)2)40-18-8-10-24(20-40)12-15-30(41)43-34(3,4)5/h6-7,9,11,13-14,16-17,19,21,24,37H,8,10,12,15,18,20H2,1-5H3,(H,38,42)/t24-/m0/s1. The first-order valence-corrected chi connectivity index (χ1v) is 15.9. The topological polar surface area (TPSA) is 109 Å². The second-order valence-corrected chi connectivity index (χ2v) is 13.1. The highest BCUT2D eigenvalue weighted by Gasteiger charge is 2.27. The van der Waals surface area contributed by atoms with Gasteiger partial charge in [-0.15, -0.1) is 11.3 Å². The summed E-state index contributed by atoms with van der Waals surface area (Å²) in [6.07, 6.45) is 6.45. The van der Waals surface area contributed by atoms with Crippen molar-refractivity contribution in [2.24, 2.45) is 5.92 Å². The van der Waals surface area contributed by atoms with Gasteiger partial charge in [0.2, 0.25) is 0 Å². The number of carbonyl (C=O) groups excluding carboxylic acids is 2. The van der Waals surface area contributed by atoms with Gasteiger partial charge in [-0.25, -0.2) is 4.98 Å². The molecular weight excluding hydrogens is 572 g/mol. The minimum atomic E-state index is -0.488. The average Bonchev–Trinajstić information content (AvgIpc) is 3.49. The van der Waals surface area contributed by atoms with Gasteiger partial charge in [-0.3, -0.25) is 9.59 Å². The van der Waals surface area contributed by atoms with E-state index in [0.29, 0.717) is 23.0 Å². The van der Waals surface area contributed by atoms with Crippen LogP contribution in [0.15, 0.2) is 60.2 Å². The molecule has 1 amide bonds. The van der Waals surface area contributed by atoms with Gasteiger partial charge >= 0.3 is 5.97 Å². The number of benzene rings is 2. The van der Waals surface area contributed by atoms with Crippen LogP contribution < -0.4 is 15.5 Å². The molecule has 2 aromatic carbocycles. The maximum atomic E-state index is 13.5. The number of aryl methyl sites for hydroxylation is 1. The van der Waals surface area contributed by atoms with Crippen LogP contribution in [0, 0.1) is 19.8 Å². The summed E-state index contributed by atoms with van der Waals surface area (Å²) >= 11 is 1.40. The Morgan fingerprint density at radius 1 is 1.05 bits per heavy atom. The van der Waals surface area contributed by atoms with Crippen LogP contribution in [0.4, 0.5) is 22.7 Å². The molecule has 1 saturated heterocycles. The molecule has 230 valence electrons. The number of carbonyl (C=O) groups is 2. The summed E-state index contributed by atoms with van der Waals surface area (Å²) in [6.45, 7) is 11.5. The molecule has 5 rings (SSSR count). The fourth-order valence-electron chi connectivity index (χ4n) is 5.53. The predicted octanol–water partition coefficient (Wildman–Crippen LogP) is 7.55. The number of piperidine rings is 1. The van der Waals surface area contributed by atoms with Crippen molar-refractivity contribution in [1.29, 1.82) is 0 Å². The maximum absolute atomic E-state index is 13.5. The van der Waals surface area contributed by atoms with E-state index in [0.717, 1.165) is 71.8 Å². The molecule has 0 aliphatic carbocycles. The van der Waals surface area contributed by atoms with E-state index >= 15 is 0 Å². The highest BCUT2D eigenvalue weighted by atomic mass is 32.1. The van der Waals surface area contributed by atoms with Crippen molar-refractivity contribution in [3.63, 3.8) is 0 Å². The number of thiazole rings is 1. The number of nitrogens with one attached hydrogen (secondary N) is 2. The number of hydrogen-bond acceptors (Lipinski definition) is 9. The van der Waals surface area contributed by atoms with Crippen molar-refractivity contribution in [1.82, 2.24) is 15.2 Å². The Labute approximate surface area is 263 Å². The van der Waals surface area contributed by atoms with Gasteiger partial charge in [-0.05, 0) is 95.2 Å². The highest BCUT2D eigenvalue weighted by molar-refractivity contribution is 7.13. The SMILES string of the molecule is Cc1ccccc1Nc1ccc(NC(=O)c2csc(-c3ccnnc3)n2)c(N2CCC[C@@H](CCC(=O)OC(C)(C)C)C2)c1C. The number of anilines is 4. The van der Waals surface area contributed by atoms with Crippen LogP contribution in [-0.4, -0.2) is 45.7 Å². The minimum absolute atomic E-state index is 0.159. The van der Waals surface area contributed by atoms with Crippen molar-refractivity contribution < 1.29 is 14.3 Å². The lowest BCUT2D eigenvalue weighted by Crippen LogP contribution is -2.37. The molecule has 1 atom stereocenters. The number of ether oxygens (including phenoxy) is 1. The van der Waals surface area contributed by atoms with Crippen molar-refractivity contribution in [3.8, 4) is 10.6 Å². The number of amides is 1. The molecule has 0 radical (unpaired) electrons. The van der Waals surface area contributed by atoms with Crippen molar-refractivity contribution in [2.75, 3.05) is 28.6 Å². The van der Waals surface area contributed by atoms with Crippen molar-refractivity contribution >= 4 is 46.0 Å². The van der Waals surface area contributed by atoms with Crippen LogP contribution >= 0.6 is 11.3 Å². The van der Waals surface area contributed by atoms with Crippen LogP contribution in [-0.2, 0) is 9.53 Å². The van der Waals surface area contributed by atoms with E-state index in [1.54, 1.807) is 17.8 Å². The number of esters is 1. The lowest BCUT2D eigenvalue weighted by molar-refractivity contribution is -0.155. The molecular formula is C34H40N6O3S. The van der Waals surface area contributed by atoms with E-state index < -0.39 is 5.60 Å². The third-order valence-corrected chi connectivity index (χ3v) is 8.56. The molecule has 2 N–H and O–H groups in total. The Bertz CT molecular complexity index is 1620. The maximum Gasteiger partial charge on any atom is 0.306 e. The van der Waals surface area contributed by atoms with Crippen LogP contribution in [0.25, 0.3) is 10.6 Å². The number of rotatable bonds is 9. The fourth-order valence-corrected chi connectivity index (χ4v) is 6.33. The Morgan fingerprint density at radius 3 is 2.59 bits per heavy atom. The molecule has 1 aliphatic rings. The zero-order chi connectivity index (χ0) is 31.3. The average molecular weight is 613 g/mol. The third kappa shape index (κ3) is 7.79. The zero-order valence-electron chi connectivity index (χ0n) is 26.0. The molecule has 1 aliphatic heterocycles. The molecule has 44 heavy (non-hydrogen) atoms. The van der Waals surface area contributed by atoms with Gasteiger partial charge in [0.1, 0.15) is 16.3 Å². The summed E-state index contributed by atoms with van der Waals surface area (Å²) < 4.78 is 5.56. The van der Waals surface area contributed by atoms with Gasteiger partial charge in [-0.1, -0.05) is 18.2 Å². The Hall–Kier alpha value is -4.31. The van der Waals surface area contributed by atoms with Crippen LogP contribution in [0.2, 0.25) is 0 Å². The first-order chi connectivity index (χ1) is 21.1. The molecule has 4 aromatic rings. The molecule has 0 bridgehead atoms. The van der Waals surface area contributed by atoms with Gasteiger partial charge in [0.25, 0.3) is 5.91 Å². The molecule has 0 saturated carbocycles. The number of nitrogens with zero attached hydrogens (tertiary/aromatic N) is 4. The van der Waals surface area contributed by atoms with E-state index in [9.17, 15) is 9.59 Å². The quantitative estimate of drug-likeness (QED) is 0.187. The van der Waals surface area contributed by atoms with Crippen LogP contribution in [0.3, 0.4) is 0 Å². The summed E-state index contributed by atoms with van der Waals surface area (Å²) in [4.78, 5) is 32.9. The summed E-state index contributed by atoms with van der Waals surface area (Å²) in [7, 11) is 0. The van der Waals surface area contributed by atoms with Crippen molar-refractivity contribution in [3.05, 3.63) is 77.1 Å². The van der Waals surface area contributed by atoms with Gasteiger partial charge in [0, 0.05) is 41.8 Å². The molecule has 1 fully saturated rings. The minimum Gasteiger partial charge on any atom is -0.460 e.